The van der Waals surface area contributed by atoms with E-state index in [1.807, 2.05) is 4.90 Å². The highest BCUT2D eigenvalue weighted by Gasteiger charge is 2.27. The van der Waals surface area contributed by atoms with Gasteiger partial charge in [-0.25, -0.2) is 0 Å². The highest BCUT2D eigenvalue weighted by atomic mass is 16.2. The molecule has 0 aromatic carbocycles. The zero-order valence-corrected chi connectivity index (χ0v) is 13.6. The van der Waals surface area contributed by atoms with Gasteiger partial charge in [-0.3, -0.25) is 9.59 Å². The van der Waals surface area contributed by atoms with E-state index in [4.69, 9.17) is 0 Å². The van der Waals surface area contributed by atoms with Crippen LogP contribution in [0.2, 0.25) is 0 Å². The van der Waals surface area contributed by atoms with Gasteiger partial charge in [0.15, 0.2) is 0 Å². The van der Waals surface area contributed by atoms with Crippen molar-refractivity contribution in [2.45, 2.75) is 47.5 Å². The van der Waals surface area contributed by atoms with Gasteiger partial charge in [-0.05, 0) is 30.6 Å². The van der Waals surface area contributed by atoms with E-state index in [0.717, 1.165) is 19.4 Å². The van der Waals surface area contributed by atoms with Crippen molar-refractivity contribution in [3.05, 3.63) is 0 Å². The quantitative estimate of drug-likeness (QED) is 0.841. The second kappa shape index (κ2) is 7.65. The molecule has 1 fully saturated rings. The molecule has 0 aliphatic carbocycles. The van der Waals surface area contributed by atoms with Gasteiger partial charge in [0.2, 0.25) is 11.8 Å². The molecule has 1 saturated heterocycles. The minimum absolute atomic E-state index is 0.0746. The van der Waals surface area contributed by atoms with Crippen LogP contribution in [0.1, 0.15) is 47.5 Å². The topological polar surface area (TPSA) is 49.4 Å². The van der Waals surface area contributed by atoms with Crippen molar-refractivity contribution in [2.24, 2.45) is 23.7 Å². The van der Waals surface area contributed by atoms with Crippen molar-refractivity contribution in [3.63, 3.8) is 0 Å². The average Bonchev–Trinajstić information content (AvgIpc) is 2.38. The molecule has 1 N–H and O–H groups in total. The Morgan fingerprint density at radius 1 is 1.10 bits per heavy atom. The molecule has 4 heteroatoms. The molecular weight excluding hydrogens is 252 g/mol. The number of piperidine rings is 1. The molecule has 2 amide bonds. The van der Waals surface area contributed by atoms with Gasteiger partial charge in [0.05, 0.1) is 0 Å². The maximum absolute atomic E-state index is 12.2. The second-order valence-corrected chi connectivity index (χ2v) is 6.68. The van der Waals surface area contributed by atoms with Gasteiger partial charge < -0.3 is 10.2 Å². The van der Waals surface area contributed by atoms with Crippen LogP contribution in [-0.2, 0) is 9.59 Å². The van der Waals surface area contributed by atoms with E-state index in [0.29, 0.717) is 30.8 Å². The molecule has 0 aromatic heterocycles. The number of nitrogens with one attached hydrogen (secondary N) is 1. The van der Waals surface area contributed by atoms with E-state index in [9.17, 15) is 9.59 Å². The van der Waals surface area contributed by atoms with Crippen LogP contribution in [-0.4, -0.2) is 36.3 Å². The molecule has 1 aliphatic heterocycles. The first-order valence-electron chi connectivity index (χ1n) is 7.86. The number of hydrogen-bond donors (Lipinski definition) is 1. The number of amides is 2. The van der Waals surface area contributed by atoms with Crippen molar-refractivity contribution in [1.29, 1.82) is 0 Å². The van der Waals surface area contributed by atoms with E-state index in [-0.39, 0.29) is 17.7 Å². The fourth-order valence-corrected chi connectivity index (χ4v) is 3.06. The molecule has 20 heavy (non-hydrogen) atoms. The summed E-state index contributed by atoms with van der Waals surface area (Å²) >= 11 is 0. The summed E-state index contributed by atoms with van der Waals surface area (Å²) in [5.41, 5.74) is 0. The third-order valence-corrected chi connectivity index (χ3v) is 4.54. The van der Waals surface area contributed by atoms with E-state index in [1.165, 1.54) is 0 Å². The Kier molecular flexibility index (Phi) is 6.50. The van der Waals surface area contributed by atoms with Crippen LogP contribution in [0, 0.1) is 23.7 Å². The summed E-state index contributed by atoms with van der Waals surface area (Å²) in [6, 6.07) is 0. The van der Waals surface area contributed by atoms with Crippen molar-refractivity contribution < 1.29 is 9.59 Å². The van der Waals surface area contributed by atoms with Gasteiger partial charge in [0.25, 0.3) is 0 Å². The minimum atomic E-state index is 0.0746. The molecule has 116 valence electrons. The molecule has 1 heterocycles. The second-order valence-electron chi connectivity index (χ2n) is 6.68. The first kappa shape index (κ1) is 17.0. The molecule has 1 aliphatic rings. The molecule has 0 saturated carbocycles. The molecule has 0 radical (unpaired) electrons. The molecule has 1 rings (SSSR count). The lowest BCUT2D eigenvalue weighted by Gasteiger charge is -2.31. The molecule has 0 atom stereocenters. The summed E-state index contributed by atoms with van der Waals surface area (Å²) in [6.45, 7) is 12.6. The number of carbonyl (C=O) groups is 2. The van der Waals surface area contributed by atoms with Gasteiger partial charge in [0, 0.05) is 32.5 Å². The van der Waals surface area contributed by atoms with Crippen LogP contribution in [0.15, 0.2) is 0 Å². The maximum Gasteiger partial charge on any atom is 0.223 e. The largest absolute Gasteiger partial charge is 0.356 e. The predicted molar refractivity (Wildman–Crippen MR) is 81.2 cm³/mol. The Balaban J connectivity index is 2.39. The van der Waals surface area contributed by atoms with Crippen molar-refractivity contribution >= 4 is 11.8 Å². The fraction of sp³-hybridized carbons (Fsp3) is 0.875. The summed E-state index contributed by atoms with van der Waals surface area (Å²) in [5.74, 6) is 2.04. The van der Waals surface area contributed by atoms with E-state index < -0.39 is 0 Å². The summed E-state index contributed by atoms with van der Waals surface area (Å²) < 4.78 is 0. The molecular formula is C16H30N2O2. The average molecular weight is 282 g/mol. The number of hydrogen-bond acceptors (Lipinski definition) is 2. The van der Waals surface area contributed by atoms with Gasteiger partial charge in [-0.2, -0.15) is 0 Å². The third kappa shape index (κ3) is 4.80. The molecule has 0 bridgehead atoms. The first-order chi connectivity index (χ1) is 9.32. The predicted octanol–water partition coefficient (Wildman–Crippen LogP) is 2.29. The van der Waals surface area contributed by atoms with Crippen LogP contribution in [0.25, 0.3) is 0 Å². The Morgan fingerprint density at radius 3 is 2.00 bits per heavy atom. The third-order valence-electron chi connectivity index (χ3n) is 4.54. The van der Waals surface area contributed by atoms with Gasteiger partial charge in [-0.1, -0.05) is 27.7 Å². The SMILES string of the molecule is CC(=O)N1CCC(C(=O)NCC(C(C)C)C(C)C)CC1. The lowest BCUT2D eigenvalue weighted by atomic mass is 9.85. The van der Waals surface area contributed by atoms with E-state index >= 15 is 0 Å². The zero-order valence-electron chi connectivity index (χ0n) is 13.6. The van der Waals surface area contributed by atoms with Crippen LogP contribution in [0.3, 0.4) is 0 Å². The van der Waals surface area contributed by atoms with Crippen LogP contribution >= 0.6 is 0 Å². The minimum Gasteiger partial charge on any atom is -0.356 e. The van der Waals surface area contributed by atoms with Crippen LogP contribution < -0.4 is 5.32 Å². The van der Waals surface area contributed by atoms with Gasteiger partial charge in [0.1, 0.15) is 0 Å². The fourth-order valence-electron chi connectivity index (χ4n) is 3.06. The summed E-state index contributed by atoms with van der Waals surface area (Å²) in [7, 11) is 0. The van der Waals surface area contributed by atoms with Crippen molar-refractivity contribution in [3.8, 4) is 0 Å². The summed E-state index contributed by atoms with van der Waals surface area (Å²) in [5, 5.41) is 3.12. The monoisotopic (exact) mass is 282 g/mol. The number of likely N-dealkylation sites (tertiary alicyclic amines) is 1. The van der Waals surface area contributed by atoms with E-state index in [1.54, 1.807) is 6.92 Å². The Labute approximate surface area is 123 Å². The number of nitrogens with zero attached hydrogens (tertiary/aromatic N) is 1. The van der Waals surface area contributed by atoms with Crippen molar-refractivity contribution in [1.82, 2.24) is 10.2 Å². The molecule has 0 aromatic rings. The summed E-state index contributed by atoms with van der Waals surface area (Å²) in [6.07, 6.45) is 1.58. The Hall–Kier alpha value is -1.06. The smallest absolute Gasteiger partial charge is 0.223 e. The lowest BCUT2D eigenvalue weighted by Crippen LogP contribution is -2.43. The highest BCUT2D eigenvalue weighted by molar-refractivity contribution is 5.79. The zero-order chi connectivity index (χ0) is 15.3. The van der Waals surface area contributed by atoms with Gasteiger partial charge in [-0.15, -0.1) is 0 Å². The van der Waals surface area contributed by atoms with Crippen molar-refractivity contribution in [2.75, 3.05) is 19.6 Å². The van der Waals surface area contributed by atoms with Crippen LogP contribution in [0.4, 0.5) is 0 Å². The first-order valence-corrected chi connectivity index (χ1v) is 7.86. The Bertz CT molecular complexity index is 323. The normalized spacial score (nSPS) is 17.1. The number of carbonyl (C=O) groups excluding carboxylic acids is 2. The van der Waals surface area contributed by atoms with E-state index in [2.05, 4.69) is 33.0 Å². The molecule has 0 spiro atoms. The Morgan fingerprint density at radius 2 is 1.60 bits per heavy atom. The molecule has 4 nitrogen and oxygen atoms in total. The number of rotatable bonds is 5. The summed E-state index contributed by atoms with van der Waals surface area (Å²) in [4.78, 5) is 25.3. The standard InChI is InChI=1S/C16H30N2O2/c1-11(2)15(12(3)4)10-17-16(20)14-6-8-18(9-7-14)13(5)19/h11-12,14-15H,6-10H2,1-5H3,(H,17,20). The lowest BCUT2D eigenvalue weighted by molar-refractivity contribution is -0.134. The van der Waals surface area contributed by atoms with Crippen LogP contribution in [0.5, 0.6) is 0 Å². The van der Waals surface area contributed by atoms with Gasteiger partial charge >= 0.3 is 0 Å². The molecule has 0 unspecified atom stereocenters. The maximum atomic E-state index is 12.2. The highest BCUT2D eigenvalue weighted by Crippen LogP contribution is 2.21.